The fourth-order valence-corrected chi connectivity index (χ4v) is 1.33. The predicted octanol–water partition coefficient (Wildman–Crippen LogP) is 2.12. The first-order chi connectivity index (χ1) is 6.97. The number of alkyl halides is 3. The lowest BCUT2D eigenvalue weighted by Crippen LogP contribution is -2.25. The van der Waals surface area contributed by atoms with E-state index in [1.54, 1.807) is 0 Å². The van der Waals surface area contributed by atoms with E-state index in [4.69, 9.17) is 5.73 Å². The van der Waals surface area contributed by atoms with Crippen LogP contribution in [0.4, 0.5) is 24.5 Å². The smallest absolute Gasteiger partial charge is 0.386 e. The Kier molecular flexibility index (Phi) is 2.06. The van der Waals surface area contributed by atoms with Crippen molar-refractivity contribution in [1.29, 1.82) is 0 Å². The normalized spacial score (nSPS) is 15.3. The maximum absolute atomic E-state index is 12.3. The highest BCUT2D eigenvalue weighted by Crippen LogP contribution is 2.35. The van der Waals surface area contributed by atoms with Crippen LogP contribution in [0.5, 0.6) is 0 Å². The van der Waals surface area contributed by atoms with Gasteiger partial charge in [-0.3, -0.25) is 0 Å². The van der Waals surface area contributed by atoms with Crippen LogP contribution in [0.25, 0.3) is 0 Å². The Morgan fingerprint density at radius 1 is 1.33 bits per heavy atom. The number of anilines is 1. The molecule has 80 valence electrons. The summed E-state index contributed by atoms with van der Waals surface area (Å²) in [6.45, 7) is 0.272. The monoisotopic (exact) mass is 215 g/mol. The third-order valence-electron chi connectivity index (χ3n) is 2.05. The Morgan fingerprint density at radius 3 is 2.73 bits per heavy atom. The van der Waals surface area contributed by atoms with Gasteiger partial charge in [0.2, 0.25) is 0 Å². The van der Waals surface area contributed by atoms with Gasteiger partial charge in [-0.05, 0) is 18.2 Å². The topological polar surface area (TPSA) is 50.4 Å². The van der Waals surface area contributed by atoms with E-state index in [1.165, 1.54) is 6.07 Å². The summed E-state index contributed by atoms with van der Waals surface area (Å²) in [6.07, 6.45) is -4.33. The SMILES string of the molecule is NC1=Nc2ccc(C(F)(F)F)cc2NC1. The number of hydrogen-bond donors (Lipinski definition) is 2. The van der Waals surface area contributed by atoms with Crippen LogP contribution in [0.3, 0.4) is 0 Å². The first-order valence-corrected chi connectivity index (χ1v) is 4.25. The molecule has 0 saturated carbocycles. The molecular formula is C9H8F3N3. The van der Waals surface area contributed by atoms with Gasteiger partial charge in [-0.25, -0.2) is 4.99 Å². The first-order valence-electron chi connectivity index (χ1n) is 4.25. The summed E-state index contributed by atoms with van der Waals surface area (Å²) in [5, 5.41) is 2.77. The summed E-state index contributed by atoms with van der Waals surface area (Å²) in [5.74, 6) is 0.363. The molecule has 0 saturated heterocycles. The average molecular weight is 215 g/mol. The summed E-state index contributed by atoms with van der Waals surface area (Å²) < 4.78 is 37.0. The van der Waals surface area contributed by atoms with Crippen molar-refractivity contribution in [3.63, 3.8) is 0 Å². The van der Waals surface area contributed by atoms with Gasteiger partial charge in [0.15, 0.2) is 0 Å². The molecule has 3 nitrogen and oxygen atoms in total. The fourth-order valence-electron chi connectivity index (χ4n) is 1.33. The zero-order valence-corrected chi connectivity index (χ0v) is 7.60. The van der Waals surface area contributed by atoms with Crippen molar-refractivity contribution < 1.29 is 13.2 Å². The van der Waals surface area contributed by atoms with E-state index in [9.17, 15) is 13.2 Å². The molecule has 1 aliphatic rings. The molecule has 0 bridgehead atoms. The fraction of sp³-hybridized carbons (Fsp3) is 0.222. The molecule has 3 N–H and O–H groups in total. The second-order valence-electron chi connectivity index (χ2n) is 3.19. The first kappa shape index (κ1) is 9.82. The maximum atomic E-state index is 12.3. The third-order valence-corrected chi connectivity index (χ3v) is 2.05. The van der Waals surface area contributed by atoms with Crippen LogP contribution in [0, 0.1) is 0 Å². The lowest BCUT2D eigenvalue weighted by molar-refractivity contribution is -0.137. The number of amidine groups is 1. The highest BCUT2D eigenvalue weighted by Gasteiger charge is 2.31. The minimum atomic E-state index is -4.33. The molecule has 0 radical (unpaired) electrons. The van der Waals surface area contributed by atoms with Crippen molar-refractivity contribution in [3.8, 4) is 0 Å². The highest BCUT2D eigenvalue weighted by atomic mass is 19.4. The van der Waals surface area contributed by atoms with Gasteiger partial charge in [0.05, 0.1) is 23.5 Å². The van der Waals surface area contributed by atoms with E-state index in [0.717, 1.165) is 12.1 Å². The number of halogens is 3. The minimum Gasteiger partial charge on any atom is -0.386 e. The second-order valence-corrected chi connectivity index (χ2v) is 3.19. The summed E-state index contributed by atoms with van der Waals surface area (Å²) in [4.78, 5) is 3.93. The molecule has 0 amide bonds. The van der Waals surface area contributed by atoms with Crippen molar-refractivity contribution in [3.05, 3.63) is 23.8 Å². The van der Waals surface area contributed by atoms with Gasteiger partial charge in [-0.2, -0.15) is 13.2 Å². The number of benzene rings is 1. The summed E-state index contributed by atoms with van der Waals surface area (Å²) in [5.41, 5.74) is 5.55. The van der Waals surface area contributed by atoms with Crippen molar-refractivity contribution in [2.45, 2.75) is 6.18 Å². The highest BCUT2D eigenvalue weighted by molar-refractivity contribution is 5.92. The number of fused-ring (bicyclic) bond motifs is 1. The van der Waals surface area contributed by atoms with Crippen molar-refractivity contribution in [2.24, 2.45) is 10.7 Å². The lowest BCUT2D eigenvalue weighted by Gasteiger charge is -2.17. The number of nitrogens with two attached hydrogens (primary N) is 1. The molecule has 1 aliphatic heterocycles. The van der Waals surface area contributed by atoms with E-state index in [-0.39, 0.29) is 6.54 Å². The van der Waals surface area contributed by atoms with E-state index in [1.807, 2.05) is 0 Å². The van der Waals surface area contributed by atoms with Gasteiger partial charge < -0.3 is 11.1 Å². The van der Waals surface area contributed by atoms with Crippen molar-refractivity contribution in [2.75, 3.05) is 11.9 Å². The van der Waals surface area contributed by atoms with Gasteiger partial charge in [-0.1, -0.05) is 0 Å². The molecule has 2 rings (SSSR count). The number of hydrogen-bond acceptors (Lipinski definition) is 3. The van der Waals surface area contributed by atoms with Gasteiger partial charge in [0.1, 0.15) is 5.84 Å². The zero-order valence-electron chi connectivity index (χ0n) is 7.60. The Bertz CT molecular complexity index is 423. The maximum Gasteiger partial charge on any atom is 0.416 e. The molecule has 0 aromatic heterocycles. The van der Waals surface area contributed by atoms with E-state index < -0.39 is 11.7 Å². The van der Waals surface area contributed by atoms with Gasteiger partial charge in [0, 0.05) is 0 Å². The van der Waals surface area contributed by atoms with Crippen LogP contribution in [0.1, 0.15) is 5.56 Å². The van der Waals surface area contributed by atoms with Gasteiger partial charge >= 0.3 is 6.18 Å². The molecule has 15 heavy (non-hydrogen) atoms. The third kappa shape index (κ3) is 1.88. The molecule has 0 aliphatic carbocycles. The van der Waals surface area contributed by atoms with Crippen molar-refractivity contribution in [1.82, 2.24) is 0 Å². The predicted molar refractivity (Wildman–Crippen MR) is 51.2 cm³/mol. The molecule has 0 unspecified atom stereocenters. The Labute approximate surface area is 83.8 Å². The average Bonchev–Trinajstić information content (AvgIpc) is 2.15. The Hall–Kier alpha value is -1.72. The quantitative estimate of drug-likeness (QED) is 0.696. The molecule has 0 fully saturated rings. The standard InChI is InChI=1S/C9H8F3N3/c10-9(11,12)5-1-2-6-7(3-5)14-4-8(13)15-6/h1-3,14H,4H2,(H2,13,15). The number of rotatable bonds is 0. The van der Waals surface area contributed by atoms with Gasteiger partial charge in [-0.15, -0.1) is 0 Å². The number of aliphatic imine (C=N–C) groups is 1. The minimum absolute atomic E-state index is 0.272. The van der Waals surface area contributed by atoms with Gasteiger partial charge in [0.25, 0.3) is 0 Å². The summed E-state index contributed by atoms with van der Waals surface area (Å²) in [7, 11) is 0. The molecule has 6 heteroatoms. The Morgan fingerprint density at radius 2 is 2.07 bits per heavy atom. The van der Waals surface area contributed by atoms with Crippen LogP contribution >= 0.6 is 0 Å². The number of nitrogens with one attached hydrogen (secondary N) is 1. The van der Waals surface area contributed by atoms with Crippen LogP contribution in [0.15, 0.2) is 23.2 Å². The largest absolute Gasteiger partial charge is 0.416 e. The zero-order chi connectivity index (χ0) is 11.1. The summed E-state index contributed by atoms with van der Waals surface area (Å²) >= 11 is 0. The van der Waals surface area contributed by atoms with Crippen molar-refractivity contribution >= 4 is 17.2 Å². The second kappa shape index (κ2) is 3.15. The van der Waals surface area contributed by atoms with E-state index >= 15 is 0 Å². The summed E-state index contributed by atoms with van der Waals surface area (Å²) in [6, 6.07) is 3.32. The molecular weight excluding hydrogens is 207 g/mol. The Balaban J connectivity index is 2.45. The van der Waals surface area contributed by atoms with Crippen LogP contribution in [-0.2, 0) is 6.18 Å². The van der Waals surface area contributed by atoms with E-state index in [0.29, 0.717) is 17.2 Å². The molecule has 1 heterocycles. The lowest BCUT2D eigenvalue weighted by atomic mass is 10.1. The molecule has 1 aromatic carbocycles. The van der Waals surface area contributed by atoms with Crippen LogP contribution in [-0.4, -0.2) is 12.4 Å². The number of nitrogens with zero attached hydrogens (tertiary/aromatic N) is 1. The van der Waals surface area contributed by atoms with Crippen LogP contribution < -0.4 is 11.1 Å². The molecule has 1 aromatic rings. The van der Waals surface area contributed by atoms with E-state index in [2.05, 4.69) is 10.3 Å². The molecule has 0 spiro atoms. The van der Waals surface area contributed by atoms with Crippen LogP contribution in [0.2, 0.25) is 0 Å². The molecule has 0 atom stereocenters.